The van der Waals surface area contributed by atoms with Crippen LogP contribution in [0, 0.1) is 23.6 Å². The van der Waals surface area contributed by atoms with E-state index in [1.807, 2.05) is 42.5 Å². The average Bonchev–Trinajstić information content (AvgIpc) is 0.862. The summed E-state index contributed by atoms with van der Waals surface area (Å²) in [7, 11) is 0. The molecule has 0 aliphatic carbocycles. The van der Waals surface area contributed by atoms with E-state index >= 15 is 0 Å². The van der Waals surface area contributed by atoms with Gasteiger partial charge in [-0.15, -0.1) is 0 Å². The number of carbonyl (C=O) groups excluding carboxylic acids is 1. The third-order valence-electron chi connectivity index (χ3n) is 21.6. The van der Waals surface area contributed by atoms with Gasteiger partial charge in [0.2, 0.25) is 0 Å². The summed E-state index contributed by atoms with van der Waals surface area (Å²) in [6.45, 7) is 56.8. The number of likely N-dealkylation sites (tertiary alicyclic amines) is 6. The molecule has 11 rings (SSSR count). The molecule has 0 bridgehead atoms. The van der Waals surface area contributed by atoms with Crippen molar-refractivity contribution in [2.75, 3.05) is 78.5 Å². The molecule has 5 aromatic rings. The predicted octanol–water partition coefficient (Wildman–Crippen LogP) is 20.4. The van der Waals surface area contributed by atoms with Gasteiger partial charge in [-0.1, -0.05) is 140 Å². The summed E-state index contributed by atoms with van der Waals surface area (Å²) in [6.07, 6.45) is 20.2. The summed E-state index contributed by atoms with van der Waals surface area (Å²) in [5.41, 5.74) is 8.30. The number of aryl methyl sites for hydroxylation is 1. The zero-order valence-corrected chi connectivity index (χ0v) is 65.7. The number of benzene rings is 5. The van der Waals surface area contributed by atoms with Crippen molar-refractivity contribution >= 4 is 5.78 Å². The molecule has 9 heteroatoms. The third kappa shape index (κ3) is 30.9. The molecule has 98 heavy (non-hydrogen) atoms. The van der Waals surface area contributed by atoms with Crippen LogP contribution in [-0.4, -0.2) is 153 Å². The number of halogens is 1. The molecular formula is C89H142FN7O. The van der Waals surface area contributed by atoms with Gasteiger partial charge in [0.05, 0.1) is 0 Å². The number of rotatable bonds is 11. The van der Waals surface area contributed by atoms with Crippen LogP contribution in [0.2, 0.25) is 0 Å². The Morgan fingerprint density at radius 3 is 1.21 bits per heavy atom. The molecule has 6 aliphatic heterocycles. The topological polar surface area (TPSA) is 48.5 Å². The highest BCUT2D eigenvalue weighted by Gasteiger charge is 2.33. The number of piperidine rings is 6. The van der Waals surface area contributed by atoms with Crippen LogP contribution >= 0.6 is 0 Å². The summed E-state index contributed by atoms with van der Waals surface area (Å²) >= 11 is 0. The van der Waals surface area contributed by atoms with Crippen molar-refractivity contribution in [3.05, 3.63) is 179 Å². The number of Topliss-reactive ketones (excluding diaryl/α,β-unsaturated/α-hetero) is 1. The Kier molecular flexibility index (Phi) is 33.4. The zero-order valence-electron chi connectivity index (χ0n) is 65.7. The van der Waals surface area contributed by atoms with Gasteiger partial charge in [0.25, 0.3) is 0 Å². The maximum atomic E-state index is 13.1. The molecular weight excluding hydrogens is 1200 g/mol. The van der Waals surface area contributed by atoms with E-state index in [2.05, 4.69) is 250 Å². The first-order chi connectivity index (χ1) is 46.2. The molecule has 1 N–H and O–H groups in total. The molecule has 0 atom stereocenters. The lowest BCUT2D eigenvalue weighted by Crippen LogP contribution is -2.49. The first kappa shape index (κ1) is 82.4. The minimum Gasteiger partial charge on any atom is -0.309 e. The first-order valence-electron chi connectivity index (χ1n) is 38.9. The fourth-order valence-electron chi connectivity index (χ4n) is 15.2. The summed E-state index contributed by atoms with van der Waals surface area (Å²) < 4.78 is 13.1. The molecule has 0 aromatic heterocycles. The Hall–Kier alpha value is -4.58. The molecule has 6 heterocycles. The molecule has 0 saturated carbocycles. The number of hydrogen-bond donors (Lipinski definition) is 1. The molecule has 546 valence electrons. The highest BCUT2D eigenvalue weighted by molar-refractivity contribution is 5.97. The van der Waals surface area contributed by atoms with E-state index in [0.29, 0.717) is 34.4 Å². The molecule has 0 unspecified atom stereocenters. The summed E-state index contributed by atoms with van der Waals surface area (Å²) in [4.78, 5) is 27.7. The van der Waals surface area contributed by atoms with E-state index in [-0.39, 0.29) is 28.4 Å². The summed E-state index contributed by atoms with van der Waals surface area (Å²) in [5.74, 6) is 2.85. The minimum absolute atomic E-state index is 0.111. The first-order valence-corrected chi connectivity index (χ1v) is 38.9. The van der Waals surface area contributed by atoms with Crippen molar-refractivity contribution in [2.24, 2.45) is 17.8 Å². The smallest absolute Gasteiger partial charge is 0.166 e. The Balaban J connectivity index is 0.000000187. The lowest BCUT2D eigenvalue weighted by atomic mass is 9.87. The largest absolute Gasteiger partial charge is 0.309 e. The second kappa shape index (κ2) is 39.7. The highest BCUT2D eigenvalue weighted by atomic mass is 19.1. The van der Waals surface area contributed by atoms with E-state index in [1.165, 1.54) is 172 Å². The van der Waals surface area contributed by atoms with Crippen molar-refractivity contribution in [2.45, 2.75) is 279 Å². The van der Waals surface area contributed by atoms with Crippen LogP contribution in [0.4, 0.5) is 4.39 Å². The van der Waals surface area contributed by atoms with Crippen LogP contribution in [0.15, 0.2) is 146 Å². The number of carbonyl (C=O) groups is 1. The van der Waals surface area contributed by atoms with Crippen LogP contribution in [0.3, 0.4) is 0 Å². The lowest BCUT2D eigenvalue weighted by Gasteiger charge is -2.41. The van der Waals surface area contributed by atoms with Gasteiger partial charge >= 0.3 is 0 Å². The van der Waals surface area contributed by atoms with E-state index in [4.69, 9.17) is 0 Å². The van der Waals surface area contributed by atoms with Gasteiger partial charge in [-0.3, -0.25) is 34.2 Å². The van der Waals surface area contributed by atoms with E-state index in [1.54, 1.807) is 6.07 Å². The SMILES string of the molecule is CC(C)(C)N1CCC(C(=O)c2ccccc2)CC1.CC(C)(C)N1CCC(CCc2ccccc2)CC1.CC(C)(C)N1CCC(Cc2cccc(F)c2)CC1.CC(C)(C)N1CCC(c2ccccc2)CC1.CC(C)(C)N1CCCCC1.CC(C)(C)NC1CCN(Cc2ccccc2)CC1. The number of ketones is 1. The second-order valence-corrected chi connectivity index (χ2v) is 35.7. The molecule has 6 saturated heterocycles. The maximum absolute atomic E-state index is 13.1. The van der Waals surface area contributed by atoms with Crippen molar-refractivity contribution in [3.8, 4) is 0 Å². The van der Waals surface area contributed by atoms with E-state index in [0.717, 1.165) is 61.9 Å². The van der Waals surface area contributed by atoms with Crippen LogP contribution in [0.1, 0.15) is 253 Å². The standard InChI is InChI=1S/C17H27N.C16H24FN.C16H26N2.C16H23NO.C15H23N.C9H19N/c1-17(2,3)18-13-11-16(12-14-18)10-9-15-7-5-4-6-8-15;1-16(2,3)18-9-7-13(8-10-18)11-14-5-4-6-15(17)12-14;1-16(2,3)17-15-9-11-18(12-10-15)13-14-7-5-4-6-8-14;1-16(2,3)17-11-9-14(10-12-17)15(18)13-7-5-4-6-8-13;1-15(2,3)16-11-9-14(10-12-16)13-7-5-4-6-8-13;1-9(2,3)10-7-5-4-6-8-10/h4-8,16H,9-14H2,1-3H3;4-6,12-13H,7-11H2,1-3H3;4-8,15,17H,9-13H2,1-3H3;4-8,14H,9-12H2,1-3H3;4-8,14H,9-12H2,1-3H3;4-8H2,1-3H3. The van der Waals surface area contributed by atoms with E-state index in [9.17, 15) is 9.18 Å². The molecule has 5 aromatic carbocycles. The average molecular weight is 1350 g/mol. The van der Waals surface area contributed by atoms with Gasteiger partial charge in [0, 0.05) is 57.3 Å². The molecule has 0 radical (unpaired) electrons. The Bertz CT molecular complexity index is 2900. The highest BCUT2D eigenvalue weighted by Crippen LogP contribution is 2.33. The quantitative estimate of drug-likeness (QED) is 0.131. The Morgan fingerprint density at radius 2 is 0.786 bits per heavy atom. The predicted molar refractivity (Wildman–Crippen MR) is 420 cm³/mol. The number of nitrogens with zero attached hydrogens (tertiary/aromatic N) is 6. The van der Waals surface area contributed by atoms with E-state index < -0.39 is 0 Å². The fourth-order valence-corrected chi connectivity index (χ4v) is 15.2. The lowest BCUT2D eigenvalue weighted by molar-refractivity contribution is 0.0675. The normalized spacial score (nSPS) is 19.6. The molecule has 8 nitrogen and oxygen atoms in total. The van der Waals surface area contributed by atoms with Crippen LogP contribution in [-0.2, 0) is 19.4 Å². The van der Waals surface area contributed by atoms with Crippen LogP contribution < -0.4 is 5.32 Å². The number of nitrogens with one attached hydrogen (secondary N) is 1. The van der Waals surface area contributed by atoms with Gasteiger partial charge in [-0.25, -0.2) is 4.39 Å². The fraction of sp³-hybridized carbons (Fsp3) is 0.652. The third-order valence-corrected chi connectivity index (χ3v) is 21.6. The molecule has 0 spiro atoms. The monoisotopic (exact) mass is 1340 g/mol. The van der Waals surface area contributed by atoms with Gasteiger partial charge in [-0.2, -0.15) is 0 Å². The van der Waals surface area contributed by atoms with Crippen LogP contribution in [0.5, 0.6) is 0 Å². The van der Waals surface area contributed by atoms with Gasteiger partial charge in [-0.05, 0) is 352 Å². The molecule has 0 amide bonds. The molecule has 6 aliphatic rings. The van der Waals surface area contributed by atoms with Crippen molar-refractivity contribution in [3.63, 3.8) is 0 Å². The van der Waals surface area contributed by atoms with Crippen molar-refractivity contribution in [1.82, 2.24) is 34.7 Å². The summed E-state index contributed by atoms with van der Waals surface area (Å²) in [6, 6.07) is 50.1. The Morgan fingerprint density at radius 1 is 0.398 bits per heavy atom. The molecule has 6 fully saturated rings. The van der Waals surface area contributed by atoms with Crippen molar-refractivity contribution < 1.29 is 9.18 Å². The maximum Gasteiger partial charge on any atom is 0.166 e. The second-order valence-electron chi connectivity index (χ2n) is 35.7. The minimum atomic E-state index is -0.111. The summed E-state index contributed by atoms with van der Waals surface area (Å²) in [5, 5.41) is 3.72. The van der Waals surface area contributed by atoms with Gasteiger partial charge < -0.3 is 5.32 Å². The van der Waals surface area contributed by atoms with Gasteiger partial charge in [0.15, 0.2) is 5.78 Å². The Labute approximate surface area is 601 Å². The van der Waals surface area contributed by atoms with Gasteiger partial charge in [0.1, 0.15) is 5.82 Å². The zero-order chi connectivity index (χ0) is 71.6. The number of hydrogen-bond acceptors (Lipinski definition) is 8. The van der Waals surface area contributed by atoms with Crippen molar-refractivity contribution in [1.29, 1.82) is 0 Å². The van der Waals surface area contributed by atoms with Crippen LogP contribution in [0.25, 0.3) is 0 Å².